The fourth-order valence-corrected chi connectivity index (χ4v) is 2.05. The Kier molecular flexibility index (Phi) is 2.78. The highest BCUT2D eigenvalue weighted by Crippen LogP contribution is 2.34. The van der Waals surface area contributed by atoms with Crippen molar-refractivity contribution < 1.29 is 9.72 Å². The van der Waals surface area contributed by atoms with Gasteiger partial charge in [-0.3, -0.25) is 20.0 Å². The van der Waals surface area contributed by atoms with Crippen LogP contribution in [0.1, 0.15) is 11.4 Å². The Bertz CT molecular complexity index is 682. The van der Waals surface area contributed by atoms with Gasteiger partial charge < -0.3 is 10.6 Å². The molecule has 3 N–H and O–H groups in total. The van der Waals surface area contributed by atoms with Crippen LogP contribution >= 0.6 is 0 Å². The summed E-state index contributed by atoms with van der Waals surface area (Å²) in [6, 6.07) is 2.98. The molecule has 0 radical (unpaired) electrons. The van der Waals surface area contributed by atoms with Crippen LogP contribution in [-0.4, -0.2) is 26.0 Å². The van der Waals surface area contributed by atoms with Crippen molar-refractivity contribution in [3.05, 3.63) is 40.0 Å². The maximum Gasteiger partial charge on any atom is 0.292 e. The number of nitrogens with one attached hydrogen (secondary N) is 3. The number of nitrogens with zero attached hydrogens (tertiary/aromatic N) is 3. The first kappa shape index (κ1) is 12.1. The van der Waals surface area contributed by atoms with Gasteiger partial charge in [0.2, 0.25) is 5.91 Å². The van der Waals surface area contributed by atoms with E-state index in [2.05, 4.69) is 25.8 Å². The molecule has 2 aromatic rings. The number of amides is 1. The molecular weight excluding hydrogens is 264 g/mol. The third-order valence-electron chi connectivity index (χ3n) is 2.95. The SMILES string of the molecule is O=C1Cc2cc([N+](=O)[O-])c(NCc3ncn[nH]3)cc2N1. The molecule has 2 heterocycles. The number of hydrogen-bond acceptors (Lipinski definition) is 6. The highest BCUT2D eigenvalue weighted by atomic mass is 16.6. The Labute approximate surface area is 112 Å². The van der Waals surface area contributed by atoms with Crippen molar-refractivity contribution >= 4 is 23.0 Å². The lowest BCUT2D eigenvalue weighted by Crippen LogP contribution is -2.05. The van der Waals surface area contributed by atoms with E-state index < -0.39 is 4.92 Å². The molecule has 3 rings (SSSR count). The zero-order valence-corrected chi connectivity index (χ0v) is 10.2. The molecule has 0 bridgehead atoms. The van der Waals surface area contributed by atoms with Crippen LogP contribution in [0, 0.1) is 10.1 Å². The quantitative estimate of drug-likeness (QED) is 0.559. The molecule has 0 saturated carbocycles. The Morgan fingerprint density at radius 3 is 3.00 bits per heavy atom. The van der Waals surface area contributed by atoms with Gasteiger partial charge in [0.15, 0.2) is 0 Å². The predicted molar refractivity (Wildman–Crippen MR) is 69.1 cm³/mol. The number of benzene rings is 1. The summed E-state index contributed by atoms with van der Waals surface area (Å²) in [4.78, 5) is 25.8. The molecule has 0 spiro atoms. The number of rotatable bonds is 4. The van der Waals surface area contributed by atoms with Crippen LogP contribution < -0.4 is 10.6 Å². The lowest BCUT2D eigenvalue weighted by atomic mass is 10.1. The van der Waals surface area contributed by atoms with Crippen LogP contribution in [0.15, 0.2) is 18.5 Å². The minimum absolute atomic E-state index is 0.0697. The second-order valence-electron chi connectivity index (χ2n) is 4.29. The number of carbonyl (C=O) groups excluding carboxylic acids is 1. The fraction of sp³-hybridized carbons (Fsp3) is 0.182. The molecule has 0 fully saturated rings. The summed E-state index contributed by atoms with van der Waals surface area (Å²) in [7, 11) is 0. The average Bonchev–Trinajstić information content (AvgIpc) is 3.02. The molecule has 0 unspecified atom stereocenters. The van der Waals surface area contributed by atoms with Gasteiger partial charge in [-0.2, -0.15) is 5.10 Å². The molecule has 1 aromatic carbocycles. The molecule has 1 amide bonds. The van der Waals surface area contributed by atoms with Gasteiger partial charge in [-0.15, -0.1) is 0 Å². The van der Waals surface area contributed by atoms with Crippen molar-refractivity contribution in [2.45, 2.75) is 13.0 Å². The molecule has 1 aliphatic heterocycles. The first-order valence-corrected chi connectivity index (χ1v) is 5.83. The summed E-state index contributed by atoms with van der Waals surface area (Å²) in [5, 5.41) is 23.0. The number of hydrogen-bond donors (Lipinski definition) is 3. The number of nitro groups is 1. The predicted octanol–water partition coefficient (Wildman–Crippen LogP) is 0.820. The summed E-state index contributed by atoms with van der Waals surface area (Å²) < 4.78 is 0. The van der Waals surface area contributed by atoms with Gasteiger partial charge in [-0.1, -0.05) is 0 Å². The van der Waals surface area contributed by atoms with Gasteiger partial charge in [-0.05, 0) is 11.6 Å². The zero-order chi connectivity index (χ0) is 14.1. The number of nitro benzene ring substituents is 1. The minimum Gasteiger partial charge on any atom is -0.372 e. The smallest absolute Gasteiger partial charge is 0.292 e. The van der Waals surface area contributed by atoms with Crippen LogP contribution in [0.25, 0.3) is 0 Å². The minimum atomic E-state index is -0.480. The number of H-pyrrole nitrogens is 1. The average molecular weight is 274 g/mol. The van der Waals surface area contributed by atoms with Crippen molar-refractivity contribution in [3.8, 4) is 0 Å². The highest BCUT2D eigenvalue weighted by Gasteiger charge is 2.24. The van der Waals surface area contributed by atoms with E-state index in [1.54, 1.807) is 6.07 Å². The van der Waals surface area contributed by atoms with Crippen LogP contribution in [-0.2, 0) is 17.8 Å². The maximum absolute atomic E-state index is 11.3. The lowest BCUT2D eigenvalue weighted by molar-refractivity contribution is -0.384. The molecule has 0 saturated heterocycles. The summed E-state index contributed by atoms with van der Waals surface area (Å²) in [5.74, 6) is 0.394. The summed E-state index contributed by atoms with van der Waals surface area (Å²) in [5.41, 5.74) is 1.49. The number of carbonyl (C=O) groups is 1. The Hall–Kier alpha value is -2.97. The van der Waals surface area contributed by atoms with Gasteiger partial charge >= 0.3 is 0 Å². The molecule has 20 heavy (non-hydrogen) atoms. The summed E-state index contributed by atoms with van der Waals surface area (Å²) in [6.07, 6.45) is 1.52. The van der Waals surface area contributed by atoms with E-state index in [1.807, 2.05) is 0 Å². The van der Waals surface area contributed by atoms with Gasteiger partial charge in [0.25, 0.3) is 5.69 Å². The number of aromatic nitrogens is 3. The standard InChI is InChI=1S/C11H10N6O3/c18-11-2-6-1-9(17(19)20)8(3-7(6)15-11)12-4-10-13-5-14-16-10/h1,3,5,12H,2,4H2,(H,15,18)(H,13,14,16). The van der Waals surface area contributed by atoms with E-state index >= 15 is 0 Å². The second kappa shape index (κ2) is 4.61. The van der Waals surface area contributed by atoms with Crippen LogP contribution in [0.4, 0.5) is 17.1 Å². The molecular formula is C11H10N6O3. The van der Waals surface area contributed by atoms with Crippen LogP contribution in [0.5, 0.6) is 0 Å². The zero-order valence-electron chi connectivity index (χ0n) is 10.2. The van der Waals surface area contributed by atoms with Crippen LogP contribution in [0.3, 0.4) is 0 Å². The molecule has 9 heteroatoms. The monoisotopic (exact) mass is 274 g/mol. The van der Waals surface area contributed by atoms with Gasteiger partial charge in [0.1, 0.15) is 17.8 Å². The van der Waals surface area contributed by atoms with Crippen molar-refractivity contribution in [3.63, 3.8) is 0 Å². The topological polar surface area (TPSA) is 126 Å². The van der Waals surface area contributed by atoms with E-state index in [4.69, 9.17) is 0 Å². The fourth-order valence-electron chi connectivity index (χ4n) is 2.05. The van der Waals surface area contributed by atoms with E-state index in [-0.39, 0.29) is 24.6 Å². The Morgan fingerprint density at radius 1 is 1.45 bits per heavy atom. The third-order valence-corrected chi connectivity index (χ3v) is 2.95. The van der Waals surface area contributed by atoms with Crippen molar-refractivity contribution in [2.75, 3.05) is 10.6 Å². The van der Waals surface area contributed by atoms with E-state index in [1.165, 1.54) is 12.4 Å². The summed E-state index contributed by atoms with van der Waals surface area (Å²) >= 11 is 0. The summed E-state index contributed by atoms with van der Waals surface area (Å²) in [6.45, 7) is 0.271. The molecule has 0 atom stereocenters. The molecule has 1 aliphatic rings. The van der Waals surface area contributed by atoms with Gasteiger partial charge in [-0.25, -0.2) is 4.98 Å². The normalized spacial score (nSPS) is 12.9. The van der Waals surface area contributed by atoms with E-state index in [9.17, 15) is 14.9 Å². The molecule has 0 aliphatic carbocycles. The Morgan fingerprint density at radius 2 is 2.30 bits per heavy atom. The first-order valence-electron chi connectivity index (χ1n) is 5.83. The maximum atomic E-state index is 11.3. The van der Waals surface area contributed by atoms with Crippen molar-refractivity contribution in [1.29, 1.82) is 0 Å². The van der Waals surface area contributed by atoms with Crippen molar-refractivity contribution in [2.24, 2.45) is 0 Å². The van der Waals surface area contributed by atoms with Crippen molar-refractivity contribution in [1.82, 2.24) is 15.2 Å². The second-order valence-corrected chi connectivity index (χ2v) is 4.29. The van der Waals surface area contributed by atoms with E-state index in [0.717, 1.165) is 0 Å². The van der Waals surface area contributed by atoms with E-state index in [0.29, 0.717) is 22.8 Å². The molecule has 1 aromatic heterocycles. The van der Waals surface area contributed by atoms with Crippen LogP contribution in [0.2, 0.25) is 0 Å². The Balaban J connectivity index is 1.90. The molecule has 9 nitrogen and oxygen atoms in total. The third kappa shape index (κ3) is 2.16. The largest absolute Gasteiger partial charge is 0.372 e. The van der Waals surface area contributed by atoms with Gasteiger partial charge in [0, 0.05) is 11.8 Å². The number of fused-ring (bicyclic) bond motifs is 1. The molecule has 102 valence electrons. The van der Waals surface area contributed by atoms with Gasteiger partial charge in [0.05, 0.1) is 17.9 Å². The number of anilines is 2. The first-order chi connectivity index (χ1) is 9.63. The number of aromatic amines is 1. The highest BCUT2D eigenvalue weighted by molar-refractivity contribution is 6.00. The lowest BCUT2D eigenvalue weighted by Gasteiger charge is -2.07.